The van der Waals surface area contributed by atoms with Crippen LogP contribution < -0.4 is 0 Å². The predicted molar refractivity (Wildman–Crippen MR) is 55.4 cm³/mol. The number of carbonyl (C=O) groups is 1. The number of thioether (sulfide) groups is 2. The Balaban J connectivity index is 2.52. The minimum atomic E-state index is -0.234. The van der Waals surface area contributed by atoms with E-state index in [9.17, 15) is 4.79 Å². The lowest BCUT2D eigenvalue weighted by molar-refractivity contribution is -0.140. The zero-order valence-corrected chi connectivity index (χ0v) is 8.99. The third kappa shape index (κ3) is 2.93. The summed E-state index contributed by atoms with van der Waals surface area (Å²) >= 11 is 3.16. The van der Waals surface area contributed by atoms with Crippen molar-refractivity contribution in [2.45, 2.75) is 16.9 Å². The van der Waals surface area contributed by atoms with Crippen molar-refractivity contribution in [3.63, 3.8) is 0 Å². The van der Waals surface area contributed by atoms with Crippen LogP contribution >= 0.6 is 23.5 Å². The number of aliphatic hydroxyl groups excluding tert-OH is 1. The molecular formula is C8H12O3S2. The minimum Gasteiger partial charge on any atom is -0.469 e. The SMILES string of the molecule is COC(=O)CC1(CCO)SC=CS1. The summed E-state index contributed by atoms with van der Waals surface area (Å²) in [4.78, 5) is 11.1. The summed E-state index contributed by atoms with van der Waals surface area (Å²) in [7, 11) is 1.38. The van der Waals surface area contributed by atoms with Gasteiger partial charge in [-0.3, -0.25) is 4.79 Å². The quantitative estimate of drug-likeness (QED) is 0.729. The first kappa shape index (κ1) is 10.9. The third-order valence-corrected chi connectivity index (χ3v) is 4.61. The van der Waals surface area contributed by atoms with Crippen molar-refractivity contribution in [2.24, 2.45) is 0 Å². The molecule has 0 bridgehead atoms. The highest BCUT2D eigenvalue weighted by Gasteiger charge is 2.35. The molecule has 13 heavy (non-hydrogen) atoms. The van der Waals surface area contributed by atoms with Gasteiger partial charge in [0, 0.05) is 6.61 Å². The van der Waals surface area contributed by atoms with E-state index in [1.54, 1.807) is 23.5 Å². The Kier molecular flexibility index (Phi) is 4.15. The van der Waals surface area contributed by atoms with Crippen LogP contribution in [0.1, 0.15) is 12.8 Å². The van der Waals surface area contributed by atoms with Gasteiger partial charge in [-0.05, 0) is 17.2 Å². The second-order valence-electron chi connectivity index (χ2n) is 2.65. The molecule has 74 valence electrons. The highest BCUT2D eigenvalue weighted by molar-refractivity contribution is 8.23. The Hall–Kier alpha value is -0.130. The van der Waals surface area contributed by atoms with Crippen LogP contribution in [-0.2, 0) is 9.53 Å². The van der Waals surface area contributed by atoms with E-state index < -0.39 is 0 Å². The van der Waals surface area contributed by atoms with Gasteiger partial charge in [-0.25, -0.2) is 0 Å². The fourth-order valence-electron chi connectivity index (χ4n) is 1.08. The van der Waals surface area contributed by atoms with E-state index in [-0.39, 0.29) is 16.7 Å². The highest BCUT2D eigenvalue weighted by Crippen LogP contribution is 2.49. The second kappa shape index (κ2) is 4.93. The molecule has 0 aromatic heterocycles. The lowest BCUT2D eigenvalue weighted by Gasteiger charge is -2.24. The molecule has 0 fully saturated rings. The molecule has 1 heterocycles. The zero-order valence-electron chi connectivity index (χ0n) is 7.36. The molecule has 0 radical (unpaired) electrons. The smallest absolute Gasteiger partial charge is 0.307 e. The Bertz CT molecular complexity index is 207. The number of esters is 1. The zero-order chi connectivity index (χ0) is 9.73. The molecule has 1 rings (SSSR count). The molecule has 0 unspecified atom stereocenters. The number of methoxy groups -OCH3 is 1. The molecule has 0 aliphatic carbocycles. The van der Waals surface area contributed by atoms with Crippen molar-refractivity contribution in [2.75, 3.05) is 13.7 Å². The first-order valence-electron chi connectivity index (χ1n) is 3.91. The maximum atomic E-state index is 11.1. The van der Waals surface area contributed by atoms with Crippen LogP contribution in [-0.4, -0.2) is 28.9 Å². The fourth-order valence-corrected chi connectivity index (χ4v) is 3.40. The van der Waals surface area contributed by atoms with Crippen LogP contribution in [0, 0.1) is 0 Å². The molecule has 1 aliphatic rings. The first-order chi connectivity index (χ1) is 6.22. The Morgan fingerprint density at radius 2 is 2.15 bits per heavy atom. The molecule has 5 heteroatoms. The molecule has 1 aliphatic heterocycles. The van der Waals surface area contributed by atoms with Crippen LogP contribution in [0.3, 0.4) is 0 Å². The van der Waals surface area contributed by atoms with E-state index >= 15 is 0 Å². The summed E-state index contributed by atoms with van der Waals surface area (Å²) in [6.07, 6.45) is 0.941. The van der Waals surface area contributed by atoms with E-state index in [2.05, 4.69) is 4.74 Å². The summed E-state index contributed by atoms with van der Waals surface area (Å²) in [5.74, 6) is -0.225. The molecule has 0 amide bonds. The minimum absolute atomic E-state index is 0.0959. The van der Waals surface area contributed by atoms with Crippen LogP contribution in [0.2, 0.25) is 0 Å². The third-order valence-electron chi connectivity index (χ3n) is 1.76. The Morgan fingerprint density at radius 1 is 1.54 bits per heavy atom. The van der Waals surface area contributed by atoms with Gasteiger partial charge in [-0.2, -0.15) is 0 Å². The van der Waals surface area contributed by atoms with Gasteiger partial charge in [0.2, 0.25) is 0 Å². The number of ether oxygens (including phenoxy) is 1. The molecule has 0 atom stereocenters. The van der Waals surface area contributed by atoms with Crippen molar-refractivity contribution in [1.82, 2.24) is 0 Å². The topological polar surface area (TPSA) is 46.5 Å². The van der Waals surface area contributed by atoms with Gasteiger partial charge in [-0.1, -0.05) is 0 Å². The van der Waals surface area contributed by atoms with Crippen LogP contribution in [0.5, 0.6) is 0 Å². The van der Waals surface area contributed by atoms with E-state index in [1.807, 2.05) is 10.8 Å². The van der Waals surface area contributed by atoms with E-state index in [4.69, 9.17) is 5.11 Å². The predicted octanol–water partition coefficient (Wildman–Crippen LogP) is 1.58. The van der Waals surface area contributed by atoms with Crippen LogP contribution in [0.25, 0.3) is 0 Å². The number of aliphatic hydroxyl groups is 1. The van der Waals surface area contributed by atoms with E-state index in [1.165, 1.54) is 7.11 Å². The molecule has 0 aromatic carbocycles. The second-order valence-corrected chi connectivity index (χ2v) is 5.48. The lowest BCUT2D eigenvalue weighted by atomic mass is 10.2. The normalized spacial score (nSPS) is 18.9. The summed E-state index contributed by atoms with van der Waals surface area (Å²) in [6.45, 7) is 0.0959. The van der Waals surface area contributed by atoms with Crippen molar-refractivity contribution in [3.8, 4) is 0 Å². The first-order valence-corrected chi connectivity index (χ1v) is 5.67. The molecular weight excluding hydrogens is 208 g/mol. The average molecular weight is 220 g/mol. The number of rotatable bonds is 4. The maximum Gasteiger partial charge on any atom is 0.307 e. The molecule has 0 saturated heterocycles. The van der Waals surface area contributed by atoms with Gasteiger partial charge in [0.25, 0.3) is 0 Å². The Morgan fingerprint density at radius 3 is 2.62 bits per heavy atom. The van der Waals surface area contributed by atoms with E-state index in [0.29, 0.717) is 12.8 Å². The number of hydrogen-bond donors (Lipinski definition) is 1. The van der Waals surface area contributed by atoms with Gasteiger partial charge in [0.15, 0.2) is 0 Å². The van der Waals surface area contributed by atoms with E-state index in [0.717, 1.165) is 0 Å². The summed E-state index contributed by atoms with van der Waals surface area (Å²) in [6, 6.07) is 0. The van der Waals surface area contributed by atoms with Crippen LogP contribution in [0.15, 0.2) is 10.8 Å². The van der Waals surface area contributed by atoms with Crippen molar-refractivity contribution < 1.29 is 14.6 Å². The van der Waals surface area contributed by atoms with Crippen molar-refractivity contribution >= 4 is 29.5 Å². The number of carbonyl (C=O) groups excluding carboxylic acids is 1. The van der Waals surface area contributed by atoms with Crippen molar-refractivity contribution in [3.05, 3.63) is 10.8 Å². The summed E-state index contributed by atoms with van der Waals surface area (Å²) in [5.41, 5.74) is 0. The van der Waals surface area contributed by atoms with Crippen molar-refractivity contribution in [1.29, 1.82) is 0 Å². The maximum absolute atomic E-state index is 11.1. The summed E-state index contributed by atoms with van der Waals surface area (Å²) < 4.78 is 4.37. The van der Waals surface area contributed by atoms with Gasteiger partial charge in [0.05, 0.1) is 17.6 Å². The van der Waals surface area contributed by atoms with Gasteiger partial charge >= 0.3 is 5.97 Å². The monoisotopic (exact) mass is 220 g/mol. The largest absolute Gasteiger partial charge is 0.469 e. The Labute approximate surface area is 85.9 Å². The van der Waals surface area contributed by atoms with Gasteiger partial charge in [-0.15, -0.1) is 23.5 Å². The molecule has 0 spiro atoms. The molecule has 3 nitrogen and oxygen atoms in total. The van der Waals surface area contributed by atoms with Gasteiger partial charge in [0.1, 0.15) is 0 Å². The molecule has 0 aromatic rings. The fraction of sp³-hybridized carbons (Fsp3) is 0.625. The average Bonchev–Trinajstić information content (AvgIpc) is 2.54. The standard InChI is InChI=1S/C8H12O3S2/c1-11-7(10)6-8(2-3-9)12-4-5-13-8/h4-5,9H,2-3,6H2,1H3. The van der Waals surface area contributed by atoms with Crippen LogP contribution in [0.4, 0.5) is 0 Å². The van der Waals surface area contributed by atoms with Gasteiger partial charge < -0.3 is 9.84 Å². The highest BCUT2D eigenvalue weighted by atomic mass is 32.2. The molecule has 0 saturated carbocycles. The number of hydrogen-bond acceptors (Lipinski definition) is 5. The lowest BCUT2D eigenvalue weighted by Crippen LogP contribution is -2.24. The molecule has 1 N–H and O–H groups in total. The summed E-state index contributed by atoms with van der Waals surface area (Å²) in [5, 5.41) is 12.8.